The van der Waals surface area contributed by atoms with Crippen molar-refractivity contribution < 1.29 is 15.3 Å². The number of benzene rings is 2. The quantitative estimate of drug-likeness (QED) is 0.161. The molecular formula is C34H32FeO2P2. The topological polar surface area (TPSA) is 26.3 Å². The number of hydrogen-bond acceptors (Lipinski definition) is 2. The average Bonchev–Trinajstić information content (AvgIpc) is 3.74. The van der Waals surface area contributed by atoms with Gasteiger partial charge in [0.1, 0.15) is 0 Å². The van der Waals surface area contributed by atoms with Gasteiger partial charge in [-0.15, -0.1) is 0 Å². The molecule has 14 rings (SSSR count). The summed E-state index contributed by atoms with van der Waals surface area (Å²) in [5, 5.41) is 3.31. The molecule has 0 saturated carbocycles. The van der Waals surface area contributed by atoms with Crippen LogP contribution in [-0.4, -0.2) is 9.71 Å². The number of aryl methyl sites for hydroxylation is 2. The van der Waals surface area contributed by atoms with Crippen LogP contribution in [0.25, 0.3) is 0 Å². The van der Waals surface area contributed by atoms with Gasteiger partial charge in [0, 0.05) is 0 Å². The maximum absolute atomic E-state index is 6.46. The summed E-state index contributed by atoms with van der Waals surface area (Å²) in [7, 11) is -1.02. The molecule has 0 radical (unpaired) electrons. The van der Waals surface area contributed by atoms with Gasteiger partial charge in [-0.2, -0.15) is 0 Å². The molecule has 0 aliphatic carbocycles. The Morgan fingerprint density at radius 1 is 0.667 bits per heavy atom. The number of rotatable bonds is 7. The van der Waals surface area contributed by atoms with E-state index in [-0.39, 0.29) is 0 Å². The van der Waals surface area contributed by atoms with Crippen LogP contribution in [0.5, 0.6) is 0 Å². The zero-order valence-electron chi connectivity index (χ0n) is 22.3. The zero-order valence-corrected chi connectivity index (χ0v) is 25.2. The summed E-state index contributed by atoms with van der Waals surface area (Å²) in [6.07, 6.45) is 3.89. The molecule has 10 aliphatic rings. The monoisotopic (exact) mass is 590 g/mol. The third kappa shape index (κ3) is 0.500. The molecule has 12 heterocycles. The zero-order chi connectivity index (χ0) is 25.4. The van der Waals surface area contributed by atoms with Gasteiger partial charge in [-0.1, -0.05) is 0 Å². The molecular weight excluding hydrogens is 558 g/mol. The van der Waals surface area contributed by atoms with Crippen LogP contribution in [0.1, 0.15) is 18.1 Å². The van der Waals surface area contributed by atoms with Gasteiger partial charge in [-0.25, -0.2) is 0 Å². The second kappa shape index (κ2) is 3.04. The molecule has 5 unspecified atom stereocenters. The van der Waals surface area contributed by atoms with Crippen molar-refractivity contribution in [3.8, 4) is 0 Å². The Morgan fingerprint density at radius 2 is 1.18 bits per heavy atom. The molecule has 10 fully saturated rings. The van der Waals surface area contributed by atoms with Gasteiger partial charge in [0.15, 0.2) is 0 Å². The number of hydrogen-bond donors (Lipinski definition) is 0. The summed E-state index contributed by atoms with van der Waals surface area (Å²) in [6, 6.07) is 27.9. The predicted octanol–water partition coefficient (Wildman–Crippen LogP) is 8.11. The number of fused-ring (bicyclic) bond motifs is 10. The average molecular weight is 590 g/mol. The molecule has 4 aromatic rings. The van der Waals surface area contributed by atoms with Crippen LogP contribution in [0.4, 0.5) is 0 Å². The summed E-state index contributed by atoms with van der Waals surface area (Å²) in [4.78, 5) is 9.74. The van der Waals surface area contributed by atoms with Gasteiger partial charge in [-0.3, -0.25) is 0 Å². The van der Waals surface area contributed by atoms with Crippen LogP contribution >= 0.6 is 15.8 Å². The van der Waals surface area contributed by atoms with E-state index in [4.69, 9.17) is 8.83 Å². The summed E-state index contributed by atoms with van der Waals surface area (Å²) >= 11 is 0. The second-order valence-electron chi connectivity index (χ2n) is 16.6. The van der Waals surface area contributed by atoms with Crippen LogP contribution in [0.3, 0.4) is 0 Å². The van der Waals surface area contributed by atoms with E-state index in [1.165, 1.54) is 55.8 Å². The molecule has 10 saturated heterocycles. The molecule has 198 valence electrons. The third-order valence-corrected chi connectivity index (χ3v) is 73.8. The van der Waals surface area contributed by atoms with E-state index in [0.29, 0.717) is 8.37 Å². The van der Waals surface area contributed by atoms with Gasteiger partial charge in [0.2, 0.25) is 0 Å². The van der Waals surface area contributed by atoms with E-state index in [1.54, 1.807) is 10.6 Å². The third-order valence-electron chi connectivity index (χ3n) is 20.4. The molecule has 0 amide bonds. The van der Waals surface area contributed by atoms with Crippen molar-refractivity contribution in [2.75, 3.05) is 0 Å². The molecule has 1 spiro atoms. The minimum absolute atomic E-state index is 0.447. The molecule has 39 heavy (non-hydrogen) atoms. The Bertz CT molecular complexity index is 2140. The molecule has 10 aliphatic heterocycles. The van der Waals surface area contributed by atoms with E-state index < -0.39 is 22.4 Å². The van der Waals surface area contributed by atoms with Crippen molar-refractivity contribution in [2.24, 2.45) is 0 Å². The van der Waals surface area contributed by atoms with Crippen molar-refractivity contribution in [3.63, 3.8) is 0 Å². The molecule has 2 nitrogen and oxygen atoms in total. The standard InChI is InChI=1S/C29H27O2P2.C5H5.Fe/c1-21-11-4-6-14-25(21)32(26-15-7-5-12-22(26)2)23(3)24-13-8-16-27(24)33(28-17-9-19-30-28)29-18-10-20-31-29;1-2-4-5-3-1;/h4-20,23H,1-3H3;1-5H;. The van der Waals surface area contributed by atoms with Crippen molar-refractivity contribution in [1.29, 1.82) is 0 Å². The van der Waals surface area contributed by atoms with Crippen molar-refractivity contribution in [1.82, 2.24) is 0 Å². The molecule has 5 heteroatoms. The van der Waals surface area contributed by atoms with Crippen LogP contribution in [0.15, 0.2) is 94.2 Å². The second-order valence-corrected chi connectivity index (χ2v) is 45.0. The summed E-state index contributed by atoms with van der Waals surface area (Å²) in [5.74, 6) is 0. The summed E-state index contributed by atoms with van der Waals surface area (Å²) in [5.41, 5.74) is 6.33. The van der Waals surface area contributed by atoms with Crippen LogP contribution < -0.4 is 21.6 Å². The van der Waals surface area contributed by atoms with Crippen LogP contribution in [0, 0.1) is 13.8 Å². The Balaban J connectivity index is 1.11. The van der Waals surface area contributed by atoms with Crippen molar-refractivity contribution in [3.05, 3.63) is 96.4 Å². The fraction of sp³-hybridized carbons (Fsp3) is 0.412. The molecule has 2 aromatic heterocycles. The molecule has 2 aromatic carbocycles. The molecule has 0 bridgehead atoms. The van der Waals surface area contributed by atoms with Gasteiger partial charge in [0.05, 0.1) is 0 Å². The molecule has 0 N–H and O–H groups in total. The van der Waals surface area contributed by atoms with Crippen LogP contribution in [-0.2, 0) is 6.51 Å². The fourth-order valence-electron chi connectivity index (χ4n) is 22.1. The first kappa shape index (κ1) is 19.5. The van der Waals surface area contributed by atoms with E-state index >= 15 is 0 Å². The summed E-state index contributed by atoms with van der Waals surface area (Å²) < 4.78 is 14.2. The predicted molar refractivity (Wildman–Crippen MR) is 157 cm³/mol. The minimum atomic E-state index is -3.89. The number of furan rings is 2. The molecule has 6 atom stereocenters. The Labute approximate surface area is 221 Å². The van der Waals surface area contributed by atoms with Crippen LogP contribution in [0.2, 0.25) is 42.8 Å². The van der Waals surface area contributed by atoms with Gasteiger partial charge in [-0.05, 0) is 0 Å². The fourth-order valence-corrected chi connectivity index (χ4v) is 119. The first-order valence-electron chi connectivity index (χ1n) is 14.8. The summed E-state index contributed by atoms with van der Waals surface area (Å²) in [6.45, 7) is 3.66. The van der Waals surface area contributed by atoms with Crippen molar-refractivity contribution in [2.45, 2.75) is 73.3 Å². The maximum atomic E-state index is 6.46. The SMILES string of the molecule is Cc1ccccc1P(c1ccccc1C)C(C)[C@]12[CH]3[CH]4[CH]5[C]1(P(c1ccco1)c1ccco1)[Fe]45321678[CH]2[CH]1[CH]6[CH]7[CH]28. The normalized spacial score (nSPS) is 61.6. The van der Waals surface area contributed by atoms with E-state index in [9.17, 15) is 0 Å². The van der Waals surface area contributed by atoms with Crippen molar-refractivity contribution >= 4 is 37.5 Å². The first-order valence-corrected chi connectivity index (χ1v) is 23.8. The van der Waals surface area contributed by atoms with E-state index in [2.05, 4.69) is 93.6 Å². The Kier molecular flexibility index (Phi) is 1.52. The first-order chi connectivity index (χ1) is 18.8. The van der Waals surface area contributed by atoms with E-state index in [0.717, 1.165) is 10.5 Å². The van der Waals surface area contributed by atoms with Gasteiger partial charge >= 0.3 is 223 Å². The Hall–Kier alpha value is -1.62. The van der Waals surface area contributed by atoms with Gasteiger partial charge in [0.25, 0.3) is 0 Å². The van der Waals surface area contributed by atoms with E-state index in [1.807, 2.05) is 12.5 Å². The van der Waals surface area contributed by atoms with Gasteiger partial charge < -0.3 is 0 Å². The Morgan fingerprint density at radius 3 is 1.59 bits per heavy atom.